The molecule has 5 N–H and O–H groups in total. The zero-order valence-electron chi connectivity index (χ0n) is 11.6. The summed E-state index contributed by atoms with van der Waals surface area (Å²) in [6.07, 6.45) is 4.64. The van der Waals surface area contributed by atoms with Gasteiger partial charge in [0.2, 0.25) is 6.40 Å². The highest BCUT2D eigenvalue weighted by molar-refractivity contribution is 6.30. The molecule has 0 spiro atoms. The number of hydrogen-bond acceptors (Lipinski definition) is 5. The maximum atomic E-state index is 11.5. The second-order valence-electron chi connectivity index (χ2n) is 4.15. The third-order valence-corrected chi connectivity index (χ3v) is 2.41. The van der Waals surface area contributed by atoms with Gasteiger partial charge in [-0.25, -0.2) is 4.58 Å². The van der Waals surface area contributed by atoms with Gasteiger partial charge in [0.25, 0.3) is 5.56 Å². The number of rotatable bonds is 6. The van der Waals surface area contributed by atoms with Crippen molar-refractivity contribution in [2.45, 2.75) is 0 Å². The minimum absolute atomic E-state index is 0.0302. The Hall–Kier alpha value is -2.54. The van der Waals surface area contributed by atoms with Crippen LogP contribution in [0.2, 0.25) is 0 Å². The Morgan fingerprint density at radius 2 is 2.14 bits per heavy atom. The Kier molecular flexibility index (Phi) is 5.74. The Morgan fingerprint density at radius 1 is 1.48 bits per heavy atom. The SMILES string of the molecule is C=C(Cl)/C=C\C(=C)CO/C=[N+](/C)c1nc(N)[nH]c(=O)c1N. The zero-order chi connectivity index (χ0) is 16.0. The van der Waals surface area contributed by atoms with Gasteiger partial charge in [-0.05, 0) is 16.6 Å². The van der Waals surface area contributed by atoms with Gasteiger partial charge in [-0.2, -0.15) is 0 Å². The van der Waals surface area contributed by atoms with Crippen molar-refractivity contribution in [3.8, 4) is 0 Å². The van der Waals surface area contributed by atoms with Crippen LogP contribution in [0.1, 0.15) is 0 Å². The topological polar surface area (TPSA) is 110 Å². The summed E-state index contributed by atoms with van der Waals surface area (Å²) in [4.78, 5) is 17.7. The van der Waals surface area contributed by atoms with Crippen LogP contribution in [0, 0.1) is 0 Å². The fourth-order valence-corrected chi connectivity index (χ4v) is 1.38. The predicted molar refractivity (Wildman–Crippen MR) is 84.8 cm³/mol. The first-order valence-electron chi connectivity index (χ1n) is 5.84. The van der Waals surface area contributed by atoms with E-state index >= 15 is 0 Å². The second-order valence-corrected chi connectivity index (χ2v) is 4.64. The third-order valence-electron chi connectivity index (χ3n) is 2.29. The van der Waals surface area contributed by atoms with Crippen LogP contribution >= 0.6 is 11.6 Å². The summed E-state index contributed by atoms with van der Waals surface area (Å²) in [5.41, 5.74) is 11.2. The summed E-state index contributed by atoms with van der Waals surface area (Å²) >= 11 is 5.59. The summed E-state index contributed by atoms with van der Waals surface area (Å²) in [5, 5.41) is 0.396. The summed E-state index contributed by atoms with van der Waals surface area (Å²) in [6.45, 7) is 7.52. The van der Waals surface area contributed by atoms with Gasteiger partial charge in [-0.15, -0.1) is 0 Å². The molecule has 21 heavy (non-hydrogen) atoms. The van der Waals surface area contributed by atoms with Gasteiger partial charge in [-0.3, -0.25) is 9.78 Å². The summed E-state index contributed by atoms with van der Waals surface area (Å²) in [5.74, 6) is 0.170. The van der Waals surface area contributed by atoms with E-state index in [1.807, 2.05) is 0 Å². The number of anilines is 2. The predicted octanol–water partition coefficient (Wildman–Crippen LogP) is 1.12. The Bertz CT molecular complexity index is 676. The maximum Gasteiger partial charge on any atom is 0.358 e. The van der Waals surface area contributed by atoms with Crippen molar-refractivity contribution in [3.63, 3.8) is 0 Å². The molecule has 7 nitrogen and oxygen atoms in total. The van der Waals surface area contributed by atoms with Crippen molar-refractivity contribution in [3.05, 3.63) is 46.3 Å². The molecule has 0 fully saturated rings. The van der Waals surface area contributed by atoms with Crippen molar-refractivity contribution in [1.82, 2.24) is 9.97 Å². The minimum atomic E-state index is -0.509. The van der Waals surface area contributed by atoms with E-state index in [1.54, 1.807) is 19.2 Å². The Morgan fingerprint density at radius 3 is 2.76 bits per heavy atom. The lowest BCUT2D eigenvalue weighted by Gasteiger charge is -2.02. The van der Waals surface area contributed by atoms with E-state index in [4.69, 9.17) is 27.8 Å². The van der Waals surface area contributed by atoms with E-state index in [-0.39, 0.29) is 24.1 Å². The number of nitrogens with two attached hydrogens (primary N) is 2. The molecule has 0 radical (unpaired) electrons. The van der Waals surface area contributed by atoms with Crippen molar-refractivity contribution in [2.75, 3.05) is 25.1 Å². The monoisotopic (exact) mass is 310 g/mol. The highest BCUT2D eigenvalue weighted by Gasteiger charge is 2.17. The second kappa shape index (κ2) is 7.30. The van der Waals surface area contributed by atoms with Crippen molar-refractivity contribution in [2.24, 2.45) is 0 Å². The van der Waals surface area contributed by atoms with Gasteiger partial charge in [-0.1, -0.05) is 30.8 Å². The fourth-order valence-electron chi connectivity index (χ4n) is 1.32. The minimum Gasteiger partial charge on any atom is -0.463 e. The van der Waals surface area contributed by atoms with E-state index < -0.39 is 5.56 Å². The number of ether oxygens (including phenoxy) is 1. The summed E-state index contributed by atoms with van der Waals surface area (Å²) < 4.78 is 6.75. The third kappa shape index (κ3) is 5.15. The van der Waals surface area contributed by atoms with Crippen LogP contribution < -0.4 is 17.0 Å². The van der Waals surface area contributed by atoms with Crippen LogP contribution in [0.5, 0.6) is 0 Å². The van der Waals surface area contributed by atoms with Crippen molar-refractivity contribution < 1.29 is 9.31 Å². The van der Waals surface area contributed by atoms with Crippen LogP contribution in [0.3, 0.4) is 0 Å². The number of hydrogen-bond donors (Lipinski definition) is 3. The average molecular weight is 311 g/mol. The summed E-state index contributed by atoms with van der Waals surface area (Å²) in [6, 6.07) is 0. The van der Waals surface area contributed by atoms with Crippen molar-refractivity contribution in [1.29, 1.82) is 0 Å². The molecule has 0 unspecified atom stereocenters. The number of H-pyrrole nitrogens is 1. The molecule has 0 aromatic carbocycles. The van der Waals surface area contributed by atoms with Gasteiger partial charge in [0, 0.05) is 5.03 Å². The molecule has 8 heteroatoms. The molecule has 0 bridgehead atoms. The molecule has 1 aromatic heterocycles. The van der Waals surface area contributed by atoms with Gasteiger partial charge < -0.3 is 16.2 Å². The molecule has 0 aliphatic heterocycles. The number of aromatic amines is 1. The van der Waals surface area contributed by atoms with Gasteiger partial charge >= 0.3 is 11.8 Å². The van der Waals surface area contributed by atoms with E-state index in [1.165, 1.54) is 11.0 Å². The number of aromatic nitrogens is 2. The number of nitrogen functional groups attached to an aromatic ring is 2. The van der Waals surface area contributed by atoms with Gasteiger partial charge in [0.05, 0.1) is 7.05 Å². The van der Waals surface area contributed by atoms with Crippen LogP contribution in [0.25, 0.3) is 0 Å². The molecule has 0 saturated heterocycles. The molecular weight excluding hydrogens is 294 g/mol. The quantitative estimate of drug-likeness (QED) is 0.315. The normalized spacial score (nSPS) is 11.6. The lowest BCUT2D eigenvalue weighted by Crippen LogP contribution is -2.19. The molecule has 112 valence electrons. The largest absolute Gasteiger partial charge is 0.463 e. The molecular formula is C13H17ClN5O2+. The lowest BCUT2D eigenvalue weighted by molar-refractivity contribution is -0.413. The van der Waals surface area contributed by atoms with Crippen molar-refractivity contribution >= 4 is 35.5 Å². The van der Waals surface area contributed by atoms with E-state index in [2.05, 4.69) is 23.1 Å². The molecule has 0 aliphatic carbocycles. The summed E-state index contributed by atoms with van der Waals surface area (Å²) in [7, 11) is 1.62. The highest BCUT2D eigenvalue weighted by atomic mass is 35.5. The number of nitrogens with one attached hydrogen (secondary N) is 1. The molecule has 0 aliphatic rings. The molecule has 1 aromatic rings. The first-order valence-corrected chi connectivity index (χ1v) is 6.22. The average Bonchev–Trinajstić information content (AvgIpc) is 2.40. The Labute approximate surface area is 126 Å². The van der Waals surface area contributed by atoms with Crippen LogP contribution in [0.4, 0.5) is 17.5 Å². The molecule has 0 amide bonds. The van der Waals surface area contributed by atoms with Crippen LogP contribution in [-0.4, -0.2) is 34.6 Å². The lowest BCUT2D eigenvalue weighted by atomic mass is 10.3. The van der Waals surface area contributed by atoms with Gasteiger partial charge in [0.1, 0.15) is 6.61 Å². The molecule has 0 saturated carbocycles. The smallest absolute Gasteiger partial charge is 0.358 e. The van der Waals surface area contributed by atoms with Crippen LogP contribution in [0.15, 0.2) is 40.7 Å². The fraction of sp³-hybridized carbons (Fsp3) is 0.154. The highest BCUT2D eigenvalue weighted by Crippen LogP contribution is 2.12. The first kappa shape index (κ1) is 16.5. The van der Waals surface area contributed by atoms with Gasteiger partial charge in [0.15, 0.2) is 5.69 Å². The number of halogens is 1. The van der Waals surface area contributed by atoms with Crippen LogP contribution in [-0.2, 0) is 4.74 Å². The maximum absolute atomic E-state index is 11.5. The van der Waals surface area contributed by atoms with E-state index in [0.717, 1.165) is 0 Å². The molecule has 1 rings (SSSR count). The molecule has 1 heterocycles. The van der Waals surface area contributed by atoms with E-state index in [9.17, 15) is 4.79 Å². The number of allylic oxidation sites excluding steroid dienone is 2. The van der Waals surface area contributed by atoms with E-state index in [0.29, 0.717) is 10.6 Å². The molecule has 0 atom stereocenters. The number of nitrogens with zero attached hydrogens (tertiary/aromatic N) is 2. The standard InChI is InChI=1S/C13H16ClN5O2/c1-8(4-5-9(2)14)6-21-7-19(3)11-10(15)12(20)18-13(16)17-11/h4-5,7H,1-2,6,15H2,3H3,(H2-,16,17,18,20)/p+1/b5-4-,19-7-. The first-order chi connectivity index (χ1) is 9.81. The zero-order valence-corrected chi connectivity index (χ0v) is 12.4. The Balaban J connectivity index is 2.76.